The zero-order chi connectivity index (χ0) is 20.1. The maximum absolute atomic E-state index is 12.8. The maximum atomic E-state index is 12.8. The highest BCUT2D eigenvalue weighted by atomic mass is 16.6. The number of carbonyl (C=O) groups is 1. The van der Waals surface area contributed by atoms with Crippen LogP contribution in [-0.2, 0) is 0 Å². The van der Waals surface area contributed by atoms with Crippen molar-refractivity contribution in [1.82, 2.24) is 10.2 Å². The molecular weight excluding hydrogens is 356 g/mol. The van der Waals surface area contributed by atoms with E-state index in [1.807, 2.05) is 35.2 Å². The third-order valence-corrected chi connectivity index (χ3v) is 5.10. The number of benzene rings is 2. The van der Waals surface area contributed by atoms with Gasteiger partial charge in [0.15, 0.2) is 0 Å². The summed E-state index contributed by atoms with van der Waals surface area (Å²) in [6.07, 6.45) is 0. The molecule has 3 rings (SSSR count). The summed E-state index contributed by atoms with van der Waals surface area (Å²) in [7, 11) is 0. The molecule has 2 aromatic rings. The number of anilines is 1. The highest BCUT2D eigenvalue weighted by Crippen LogP contribution is 2.23. The van der Waals surface area contributed by atoms with E-state index in [0.717, 1.165) is 11.3 Å². The largest absolute Gasteiger partial charge is 0.368 e. The van der Waals surface area contributed by atoms with Crippen molar-refractivity contribution in [3.63, 3.8) is 0 Å². The molecule has 148 valence electrons. The zero-order valence-electron chi connectivity index (χ0n) is 16.2. The van der Waals surface area contributed by atoms with E-state index in [1.165, 1.54) is 12.1 Å². The minimum atomic E-state index is -0.399. The van der Waals surface area contributed by atoms with Crippen molar-refractivity contribution < 1.29 is 9.72 Å². The Balaban J connectivity index is 1.58. The molecule has 0 radical (unpaired) electrons. The Morgan fingerprint density at radius 3 is 2.14 bits per heavy atom. The Morgan fingerprint density at radius 1 is 1.00 bits per heavy atom. The molecule has 2 aromatic carbocycles. The number of piperazine rings is 1. The lowest BCUT2D eigenvalue weighted by Gasteiger charge is -2.37. The van der Waals surface area contributed by atoms with Crippen molar-refractivity contribution in [3.8, 4) is 0 Å². The van der Waals surface area contributed by atoms with Gasteiger partial charge in [-0.1, -0.05) is 44.2 Å². The first-order valence-corrected chi connectivity index (χ1v) is 9.55. The first-order valence-electron chi connectivity index (χ1n) is 9.55. The number of rotatable bonds is 5. The number of urea groups is 1. The quantitative estimate of drug-likeness (QED) is 0.630. The first-order chi connectivity index (χ1) is 13.5. The van der Waals surface area contributed by atoms with E-state index in [0.29, 0.717) is 26.2 Å². The first kappa shape index (κ1) is 19.7. The summed E-state index contributed by atoms with van der Waals surface area (Å²) in [5.74, 6) is 0.285. The van der Waals surface area contributed by atoms with Gasteiger partial charge in [-0.15, -0.1) is 0 Å². The van der Waals surface area contributed by atoms with E-state index in [9.17, 15) is 14.9 Å². The molecule has 0 aromatic heterocycles. The van der Waals surface area contributed by atoms with Gasteiger partial charge in [-0.25, -0.2) is 4.79 Å². The summed E-state index contributed by atoms with van der Waals surface area (Å²) < 4.78 is 0. The van der Waals surface area contributed by atoms with Crippen LogP contribution in [-0.4, -0.2) is 42.0 Å². The number of nitro groups is 1. The molecule has 2 amide bonds. The smallest absolute Gasteiger partial charge is 0.318 e. The lowest BCUT2D eigenvalue weighted by atomic mass is 9.96. The molecule has 1 atom stereocenters. The number of hydrogen-bond donors (Lipinski definition) is 1. The minimum absolute atomic E-state index is 0.0265. The fourth-order valence-electron chi connectivity index (χ4n) is 3.47. The Labute approximate surface area is 165 Å². The minimum Gasteiger partial charge on any atom is -0.368 e. The lowest BCUT2D eigenvalue weighted by Crippen LogP contribution is -2.52. The fraction of sp³-hybridized carbons (Fsp3) is 0.381. The fourth-order valence-corrected chi connectivity index (χ4v) is 3.47. The van der Waals surface area contributed by atoms with E-state index in [4.69, 9.17) is 0 Å². The van der Waals surface area contributed by atoms with Crippen LogP contribution < -0.4 is 10.2 Å². The van der Waals surface area contributed by atoms with Crippen molar-refractivity contribution >= 4 is 17.4 Å². The van der Waals surface area contributed by atoms with Crippen LogP contribution in [0.2, 0.25) is 0 Å². The normalized spacial score (nSPS) is 15.4. The molecule has 1 aliphatic rings. The average molecular weight is 382 g/mol. The van der Waals surface area contributed by atoms with Crippen LogP contribution in [0.15, 0.2) is 54.6 Å². The Morgan fingerprint density at radius 2 is 1.61 bits per heavy atom. The molecular formula is C21H26N4O3. The number of nitrogens with one attached hydrogen (secondary N) is 1. The lowest BCUT2D eigenvalue weighted by molar-refractivity contribution is -0.384. The van der Waals surface area contributed by atoms with Crippen LogP contribution in [0.5, 0.6) is 0 Å². The van der Waals surface area contributed by atoms with Crippen LogP contribution in [0.4, 0.5) is 16.2 Å². The summed E-state index contributed by atoms with van der Waals surface area (Å²) >= 11 is 0. The topological polar surface area (TPSA) is 78.7 Å². The number of amides is 2. The molecule has 7 heteroatoms. The van der Waals surface area contributed by atoms with Crippen molar-refractivity contribution in [1.29, 1.82) is 0 Å². The number of nitrogens with zero attached hydrogens (tertiary/aromatic N) is 3. The highest BCUT2D eigenvalue weighted by molar-refractivity contribution is 5.75. The second-order valence-corrected chi connectivity index (χ2v) is 7.33. The monoisotopic (exact) mass is 382 g/mol. The van der Waals surface area contributed by atoms with Crippen LogP contribution in [0.25, 0.3) is 0 Å². The summed E-state index contributed by atoms with van der Waals surface area (Å²) in [6, 6.07) is 16.5. The molecule has 1 unspecified atom stereocenters. The predicted molar refractivity (Wildman–Crippen MR) is 109 cm³/mol. The van der Waals surface area contributed by atoms with E-state index in [2.05, 4.69) is 24.1 Å². The van der Waals surface area contributed by atoms with Crippen LogP contribution in [0.1, 0.15) is 25.5 Å². The maximum Gasteiger partial charge on any atom is 0.318 e. The highest BCUT2D eigenvalue weighted by Gasteiger charge is 2.25. The summed E-state index contributed by atoms with van der Waals surface area (Å²) in [4.78, 5) is 27.1. The standard InChI is InChI=1S/C21H26N4O3/c1-16(2)20(17-6-4-3-5-7-17)22-21(26)24-14-12-23(13-15-24)18-8-10-19(11-9-18)25(27)28/h3-11,16,20H,12-15H2,1-2H3,(H,22,26). The van der Waals surface area contributed by atoms with Crippen molar-refractivity contribution in [2.75, 3.05) is 31.1 Å². The summed E-state index contributed by atoms with van der Waals surface area (Å²) in [6.45, 7) is 6.83. The van der Waals surface area contributed by atoms with E-state index < -0.39 is 4.92 Å². The average Bonchev–Trinajstić information content (AvgIpc) is 2.72. The third kappa shape index (κ3) is 4.60. The summed E-state index contributed by atoms with van der Waals surface area (Å²) in [5.41, 5.74) is 2.13. The molecule has 0 saturated carbocycles. The Bertz CT molecular complexity index is 800. The molecule has 1 saturated heterocycles. The molecule has 1 aliphatic heterocycles. The van der Waals surface area contributed by atoms with Gasteiger partial charge in [-0.3, -0.25) is 10.1 Å². The van der Waals surface area contributed by atoms with Gasteiger partial charge in [-0.05, 0) is 23.6 Å². The molecule has 0 bridgehead atoms. The van der Waals surface area contributed by atoms with Gasteiger partial charge in [0, 0.05) is 44.0 Å². The Hall–Kier alpha value is -3.09. The predicted octanol–water partition coefficient (Wildman–Crippen LogP) is 3.82. The molecule has 0 spiro atoms. The van der Waals surface area contributed by atoms with Gasteiger partial charge in [-0.2, -0.15) is 0 Å². The van der Waals surface area contributed by atoms with Crippen LogP contribution in [0, 0.1) is 16.0 Å². The number of hydrogen-bond acceptors (Lipinski definition) is 4. The van der Waals surface area contributed by atoms with Crippen LogP contribution >= 0.6 is 0 Å². The van der Waals surface area contributed by atoms with Crippen molar-refractivity contribution in [2.24, 2.45) is 5.92 Å². The van der Waals surface area contributed by atoms with Crippen LogP contribution in [0.3, 0.4) is 0 Å². The van der Waals surface area contributed by atoms with Gasteiger partial charge in [0.1, 0.15) is 0 Å². The van der Waals surface area contributed by atoms with Gasteiger partial charge in [0.2, 0.25) is 0 Å². The summed E-state index contributed by atoms with van der Waals surface area (Å²) in [5, 5.41) is 14.0. The van der Waals surface area contributed by atoms with Gasteiger partial charge in [0.25, 0.3) is 5.69 Å². The van der Waals surface area contributed by atoms with E-state index >= 15 is 0 Å². The molecule has 1 heterocycles. The molecule has 1 fully saturated rings. The number of nitro benzene ring substituents is 1. The van der Waals surface area contributed by atoms with E-state index in [1.54, 1.807) is 12.1 Å². The Kier molecular flexibility index (Phi) is 6.13. The SMILES string of the molecule is CC(C)C(NC(=O)N1CCN(c2ccc([N+](=O)[O-])cc2)CC1)c1ccccc1. The molecule has 7 nitrogen and oxygen atoms in total. The number of non-ortho nitro benzene ring substituents is 1. The number of carbonyl (C=O) groups excluding carboxylic acids is 1. The van der Waals surface area contributed by atoms with Gasteiger partial charge >= 0.3 is 6.03 Å². The second-order valence-electron chi connectivity index (χ2n) is 7.33. The third-order valence-electron chi connectivity index (χ3n) is 5.10. The molecule has 0 aliphatic carbocycles. The molecule has 1 N–H and O–H groups in total. The second kappa shape index (κ2) is 8.73. The van der Waals surface area contributed by atoms with E-state index in [-0.39, 0.29) is 23.7 Å². The van der Waals surface area contributed by atoms with Crippen molar-refractivity contribution in [3.05, 3.63) is 70.3 Å². The molecule has 28 heavy (non-hydrogen) atoms. The van der Waals surface area contributed by atoms with Gasteiger partial charge in [0.05, 0.1) is 11.0 Å². The van der Waals surface area contributed by atoms with Gasteiger partial charge < -0.3 is 15.1 Å². The van der Waals surface area contributed by atoms with Crippen molar-refractivity contribution in [2.45, 2.75) is 19.9 Å². The zero-order valence-corrected chi connectivity index (χ0v) is 16.2.